The Balaban J connectivity index is 1.41. The van der Waals surface area contributed by atoms with Crippen molar-refractivity contribution in [3.8, 4) is 5.75 Å². The third-order valence-corrected chi connectivity index (χ3v) is 6.01. The summed E-state index contributed by atoms with van der Waals surface area (Å²) in [4.78, 5) is 17.3. The van der Waals surface area contributed by atoms with E-state index in [9.17, 15) is 14.3 Å². The second-order valence-corrected chi connectivity index (χ2v) is 8.01. The maximum atomic E-state index is 13.1. The number of likely N-dealkylation sites (tertiary alicyclic amines) is 1. The van der Waals surface area contributed by atoms with E-state index in [1.54, 1.807) is 12.1 Å². The monoisotopic (exact) mass is 418 g/mol. The number of H-pyrrole nitrogens is 1. The van der Waals surface area contributed by atoms with Crippen molar-refractivity contribution >= 4 is 5.97 Å². The molecule has 30 heavy (non-hydrogen) atoms. The van der Waals surface area contributed by atoms with Crippen molar-refractivity contribution in [3.63, 3.8) is 0 Å². The Labute approximate surface area is 177 Å². The normalized spacial score (nSPS) is 16.4. The third kappa shape index (κ3) is 5.02. The lowest BCUT2D eigenvalue weighted by atomic mass is 9.84. The Morgan fingerprint density at radius 2 is 1.87 bits per heavy atom. The molecule has 2 aromatic rings. The number of aromatic amines is 1. The zero-order valence-electron chi connectivity index (χ0n) is 18.0. The summed E-state index contributed by atoms with van der Waals surface area (Å²) in [5.74, 6) is -0.143. The molecule has 1 aliphatic heterocycles. The van der Waals surface area contributed by atoms with Gasteiger partial charge in [0.25, 0.3) is 0 Å². The fourth-order valence-corrected chi connectivity index (χ4v) is 3.93. The molecule has 0 unspecified atom stereocenters. The lowest BCUT2D eigenvalue weighted by molar-refractivity contribution is -0.0262. The number of aliphatic hydroxyl groups is 1. The van der Waals surface area contributed by atoms with Crippen molar-refractivity contribution in [3.05, 3.63) is 52.6 Å². The van der Waals surface area contributed by atoms with Crippen LogP contribution in [0.15, 0.2) is 24.3 Å². The molecule has 1 aliphatic rings. The Hall–Kier alpha value is -2.38. The van der Waals surface area contributed by atoms with Gasteiger partial charge in [-0.1, -0.05) is 12.1 Å². The number of esters is 1. The highest BCUT2D eigenvalue weighted by molar-refractivity contribution is 5.91. The van der Waals surface area contributed by atoms with Crippen LogP contribution < -0.4 is 4.74 Å². The summed E-state index contributed by atoms with van der Waals surface area (Å²) in [6, 6.07) is 6.16. The number of unbranched alkanes of at least 4 members (excludes halogenated alkanes) is 1. The number of ether oxygens (including phenoxy) is 2. The molecular formula is C23H31FN2O4. The van der Waals surface area contributed by atoms with E-state index in [1.807, 2.05) is 13.8 Å². The molecule has 2 N–H and O–H groups in total. The van der Waals surface area contributed by atoms with Crippen molar-refractivity contribution < 1.29 is 23.8 Å². The number of aromatic nitrogens is 1. The maximum Gasteiger partial charge on any atom is 0.358 e. The largest absolute Gasteiger partial charge is 0.491 e. The fourth-order valence-electron chi connectivity index (χ4n) is 3.93. The Morgan fingerprint density at radius 3 is 2.50 bits per heavy atom. The van der Waals surface area contributed by atoms with Crippen molar-refractivity contribution in [1.29, 1.82) is 0 Å². The minimum absolute atomic E-state index is 0.286. The molecule has 1 aromatic carbocycles. The van der Waals surface area contributed by atoms with Crippen molar-refractivity contribution in [1.82, 2.24) is 9.88 Å². The van der Waals surface area contributed by atoms with Gasteiger partial charge in [0, 0.05) is 24.3 Å². The van der Waals surface area contributed by atoms with Gasteiger partial charge in [0.2, 0.25) is 0 Å². The van der Waals surface area contributed by atoms with Crippen LogP contribution in [0, 0.1) is 19.7 Å². The van der Waals surface area contributed by atoms with Gasteiger partial charge in [0.1, 0.15) is 5.82 Å². The van der Waals surface area contributed by atoms with Crippen molar-refractivity contribution in [2.75, 3.05) is 33.4 Å². The average molecular weight is 419 g/mol. The van der Waals surface area contributed by atoms with Gasteiger partial charge < -0.3 is 24.5 Å². The number of methoxy groups -OCH3 is 1. The predicted octanol–water partition coefficient (Wildman–Crippen LogP) is 3.70. The topological polar surface area (TPSA) is 74.8 Å². The zero-order chi connectivity index (χ0) is 21.7. The molecule has 3 rings (SSSR count). The predicted molar refractivity (Wildman–Crippen MR) is 112 cm³/mol. The van der Waals surface area contributed by atoms with Crippen LogP contribution in [0.5, 0.6) is 5.75 Å². The van der Waals surface area contributed by atoms with E-state index in [1.165, 1.54) is 19.2 Å². The van der Waals surface area contributed by atoms with E-state index in [2.05, 4.69) is 9.88 Å². The van der Waals surface area contributed by atoms with Gasteiger partial charge in [0.15, 0.2) is 11.4 Å². The Bertz CT molecular complexity index is 855. The number of halogens is 1. The van der Waals surface area contributed by atoms with Gasteiger partial charge in [-0.15, -0.1) is 0 Å². The molecule has 1 saturated heterocycles. The molecule has 0 aliphatic carbocycles. The van der Waals surface area contributed by atoms with Crippen LogP contribution in [-0.4, -0.2) is 54.3 Å². The summed E-state index contributed by atoms with van der Waals surface area (Å²) in [6.45, 7) is 6.88. The molecule has 0 bridgehead atoms. The first-order chi connectivity index (χ1) is 14.3. The Kier molecular flexibility index (Phi) is 7.15. The smallest absolute Gasteiger partial charge is 0.358 e. The summed E-state index contributed by atoms with van der Waals surface area (Å²) < 4.78 is 23.8. The number of carbonyl (C=O) groups excluding carboxylic acids is 1. The SMILES string of the molecule is COC(=O)c1[nH]c(C)c(C)c1OCCCCN1CCC(O)(c2ccc(F)cc2)CC1. The second kappa shape index (κ2) is 9.62. The number of hydrogen-bond donors (Lipinski definition) is 2. The van der Waals surface area contributed by atoms with Gasteiger partial charge in [0.05, 0.1) is 19.3 Å². The van der Waals surface area contributed by atoms with Gasteiger partial charge >= 0.3 is 5.97 Å². The van der Waals surface area contributed by atoms with Crippen LogP contribution in [-0.2, 0) is 10.3 Å². The maximum absolute atomic E-state index is 13.1. The number of carbonyl (C=O) groups is 1. The summed E-state index contributed by atoms with van der Waals surface area (Å²) in [6.07, 6.45) is 3.10. The van der Waals surface area contributed by atoms with E-state index >= 15 is 0 Å². The summed E-state index contributed by atoms with van der Waals surface area (Å²) in [7, 11) is 1.35. The Morgan fingerprint density at radius 1 is 1.20 bits per heavy atom. The number of rotatable bonds is 8. The van der Waals surface area contributed by atoms with Gasteiger partial charge in [-0.05, 0) is 63.8 Å². The van der Waals surface area contributed by atoms with E-state index in [4.69, 9.17) is 9.47 Å². The van der Waals surface area contributed by atoms with Crippen LogP contribution in [0.25, 0.3) is 0 Å². The molecular weight excluding hydrogens is 387 g/mol. The summed E-state index contributed by atoms with van der Waals surface area (Å²) in [5, 5.41) is 10.9. The molecule has 1 fully saturated rings. The first-order valence-corrected chi connectivity index (χ1v) is 10.4. The highest BCUT2D eigenvalue weighted by Gasteiger charge is 2.33. The first-order valence-electron chi connectivity index (χ1n) is 10.4. The molecule has 1 aromatic heterocycles. The van der Waals surface area contributed by atoms with Crippen LogP contribution in [0.3, 0.4) is 0 Å². The van der Waals surface area contributed by atoms with Gasteiger partial charge in [-0.2, -0.15) is 0 Å². The molecule has 0 saturated carbocycles. The van der Waals surface area contributed by atoms with Gasteiger partial charge in [-0.25, -0.2) is 9.18 Å². The highest BCUT2D eigenvalue weighted by Crippen LogP contribution is 2.33. The number of nitrogens with one attached hydrogen (secondary N) is 1. The fraction of sp³-hybridized carbons (Fsp3) is 0.522. The first kappa shape index (κ1) is 22.3. The highest BCUT2D eigenvalue weighted by atomic mass is 19.1. The van der Waals surface area contributed by atoms with Crippen LogP contribution >= 0.6 is 0 Å². The molecule has 164 valence electrons. The molecule has 0 atom stereocenters. The summed E-state index contributed by atoms with van der Waals surface area (Å²) >= 11 is 0. The van der Waals surface area contributed by atoms with Crippen LogP contribution in [0.1, 0.15) is 53.0 Å². The molecule has 0 spiro atoms. The number of piperidine rings is 1. The third-order valence-electron chi connectivity index (χ3n) is 6.01. The van der Waals surface area contributed by atoms with E-state index < -0.39 is 11.6 Å². The number of hydrogen-bond acceptors (Lipinski definition) is 5. The average Bonchev–Trinajstić information content (AvgIpc) is 3.03. The van der Waals surface area contributed by atoms with Crippen LogP contribution in [0.4, 0.5) is 4.39 Å². The zero-order valence-corrected chi connectivity index (χ0v) is 18.0. The molecule has 6 nitrogen and oxygen atoms in total. The van der Waals surface area contributed by atoms with E-state index in [-0.39, 0.29) is 5.82 Å². The van der Waals surface area contributed by atoms with E-state index in [0.29, 0.717) is 30.9 Å². The minimum Gasteiger partial charge on any atom is -0.491 e. The number of aryl methyl sites for hydroxylation is 1. The molecule has 0 radical (unpaired) electrons. The van der Waals surface area contributed by atoms with E-state index in [0.717, 1.165) is 49.3 Å². The lowest BCUT2D eigenvalue weighted by Crippen LogP contribution is -2.42. The lowest BCUT2D eigenvalue weighted by Gasteiger charge is -2.38. The number of benzene rings is 1. The van der Waals surface area contributed by atoms with Crippen molar-refractivity contribution in [2.24, 2.45) is 0 Å². The molecule has 7 heteroatoms. The van der Waals surface area contributed by atoms with Gasteiger partial charge in [-0.3, -0.25) is 0 Å². The second-order valence-electron chi connectivity index (χ2n) is 8.01. The van der Waals surface area contributed by atoms with Crippen molar-refractivity contribution in [2.45, 2.75) is 45.1 Å². The standard InChI is InChI=1S/C23H31FN2O4/c1-16-17(2)25-20(22(27)29-3)21(16)30-15-5-4-12-26-13-10-23(28,11-14-26)18-6-8-19(24)9-7-18/h6-9,25,28H,4-5,10-15H2,1-3H3. The quantitative estimate of drug-likeness (QED) is 0.505. The summed E-state index contributed by atoms with van der Waals surface area (Å²) in [5.41, 5.74) is 2.10. The molecule has 0 amide bonds. The number of nitrogens with zero attached hydrogens (tertiary/aromatic N) is 1. The molecule has 2 heterocycles. The minimum atomic E-state index is -0.874. The van der Waals surface area contributed by atoms with Crippen LogP contribution in [0.2, 0.25) is 0 Å².